The van der Waals surface area contributed by atoms with Crippen LogP contribution in [0.3, 0.4) is 0 Å². The van der Waals surface area contributed by atoms with Gasteiger partial charge in [0.1, 0.15) is 17.2 Å². The highest BCUT2D eigenvalue weighted by atomic mass is 16.6. The Hall–Kier alpha value is -3.28. The second-order valence-electron chi connectivity index (χ2n) is 5.43. The molecular formula is C20H18O6. The Kier molecular flexibility index (Phi) is 5.22. The van der Waals surface area contributed by atoms with Crippen LogP contribution in [0.4, 0.5) is 0 Å². The largest absolute Gasteiger partial charge is 0.496 e. The van der Waals surface area contributed by atoms with Gasteiger partial charge in [-0.1, -0.05) is 18.2 Å². The molecule has 6 heteroatoms. The summed E-state index contributed by atoms with van der Waals surface area (Å²) in [4.78, 5) is 23.9. The highest BCUT2D eigenvalue weighted by molar-refractivity contribution is 6.14. The first-order valence-corrected chi connectivity index (χ1v) is 8.12. The van der Waals surface area contributed by atoms with Gasteiger partial charge in [0.25, 0.3) is 0 Å². The molecule has 0 atom stereocenters. The van der Waals surface area contributed by atoms with Crippen LogP contribution < -0.4 is 14.2 Å². The van der Waals surface area contributed by atoms with Gasteiger partial charge >= 0.3 is 5.97 Å². The number of hydrogen-bond donors (Lipinski definition) is 0. The number of ketones is 1. The first-order chi connectivity index (χ1) is 12.6. The Morgan fingerprint density at radius 1 is 1.19 bits per heavy atom. The average molecular weight is 354 g/mol. The Bertz CT molecular complexity index is 868. The zero-order valence-electron chi connectivity index (χ0n) is 14.5. The molecule has 6 nitrogen and oxygen atoms in total. The molecule has 2 aromatic carbocycles. The number of methoxy groups -OCH3 is 1. The highest BCUT2D eigenvalue weighted by Gasteiger charge is 2.28. The zero-order chi connectivity index (χ0) is 18.5. The first-order valence-electron chi connectivity index (χ1n) is 8.12. The van der Waals surface area contributed by atoms with Crippen molar-refractivity contribution in [3.63, 3.8) is 0 Å². The van der Waals surface area contributed by atoms with Crippen molar-refractivity contribution in [3.8, 4) is 17.2 Å². The van der Waals surface area contributed by atoms with E-state index in [0.717, 1.165) is 5.56 Å². The molecule has 1 aliphatic rings. The predicted molar refractivity (Wildman–Crippen MR) is 94.5 cm³/mol. The van der Waals surface area contributed by atoms with E-state index in [1.165, 1.54) is 0 Å². The van der Waals surface area contributed by atoms with E-state index in [-0.39, 0.29) is 18.1 Å². The number of fused-ring (bicyclic) bond motifs is 1. The Morgan fingerprint density at radius 3 is 2.77 bits per heavy atom. The molecule has 0 radical (unpaired) electrons. The van der Waals surface area contributed by atoms with Crippen LogP contribution >= 0.6 is 0 Å². The molecule has 0 saturated carbocycles. The van der Waals surface area contributed by atoms with Gasteiger partial charge < -0.3 is 18.9 Å². The highest BCUT2D eigenvalue weighted by Crippen LogP contribution is 2.35. The second kappa shape index (κ2) is 7.74. The second-order valence-corrected chi connectivity index (χ2v) is 5.43. The molecule has 26 heavy (non-hydrogen) atoms. The minimum Gasteiger partial charge on any atom is -0.496 e. The summed E-state index contributed by atoms with van der Waals surface area (Å²) in [7, 11) is 1.57. The van der Waals surface area contributed by atoms with Gasteiger partial charge in [0.05, 0.1) is 19.3 Å². The van der Waals surface area contributed by atoms with Crippen molar-refractivity contribution >= 4 is 17.8 Å². The Balaban J connectivity index is 1.78. The van der Waals surface area contributed by atoms with Gasteiger partial charge in [-0.2, -0.15) is 0 Å². The van der Waals surface area contributed by atoms with E-state index in [2.05, 4.69) is 0 Å². The summed E-state index contributed by atoms with van der Waals surface area (Å²) in [6.07, 6.45) is 1.64. The minimum atomic E-state index is -0.457. The molecule has 0 unspecified atom stereocenters. The van der Waals surface area contributed by atoms with E-state index in [4.69, 9.17) is 18.9 Å². The number of hydrogen-bond acceptors (Lipinski definition) is 6. The molecule has 0 amide bonds. The molecule has 3 rings (SSSR count). The molecule has 0 spiro atoms. The summed E-state index contributed by atoms with van der Waals surface area (Å²) in [5, 5.41) is 0. The lowest BCUT2D eigenvalue weighted by atomic mass is 10.1. The van der Waals surface area contributed by atoms with E-state index < -0.39 is 5.97 Å². The number of Topliss-reactive ketones (excluding diaryl/α,β-unsaturated/α-hetero) is 1. The van der Waals surface area contributed by atoms with Crippen LogP contribution in [0.1, 0.15) is 22.8 Å². The molecule has 1 heterocycles. The molecule has 2 aromatic rings. The lowest BCUT2D eigenvalue weighted by Gasteiger charge is -2.06. The summed E-state index contributed by atoms with van der Waals surface area (Å²) in [6.45, 7) is 1.81. The molecular weight excluding hydrogens is 336 g/mol. The smallest absolute Gasteiger partial charge is 0.344 e. The SMILES string of the molecule is CCOC(=O)COc1ccc2c(c1)O/C(=C\c1ccccc1OC)C2=O. The average Bonchev–Trinajstić information content (AvgIpc) is 2.96. The molecule has 0 saturated heterocycles. The molecule has 0 N–H and O–H groups in total. The number of rotatable bonds is 6. The lowest BCUT2D eigenvalue weighted by molar-refractivity contribution is -0.145. The van der Waals surface area contributed by atoms with Gasteiger partial charge in [0.15, 0.2) is 12.4 Å². The summed E-state index contributed by atoms with van der Waals surface area (Å²) >= 11 is 0. The molecule has 0 bridgehead atoms. The van der Waals surface area contributed by atoms with Crippen LogP contribution in [0.5, 0.6) is 17.2 Å². The van der Waals surface area contributed by atoms with Crippen LogP contribution in [0.15, 0.2) is 48.2 Å². The third kappa shape index (κ3) is 3.69. The van der Waals surface area contributed by atoms with E-state index in [1.54, 1.807) is 44.4 Å². The molecule has 0 aliphatic carbocycles. The fraction of sp³-hybridized carbons (Fsp3) is 0.200. The standard InChI is InChI=1S/C20H18O6/c1-3-24-19(21)12-25-14-8-9-15-17(11-14)26-18(20(15)22)10-13-6-4-5-7-16(13)23-2/h4-11H,3,12H2,1-2H3/b18-10-. The summed E-state index contributed by atoms with van der Waals surface area (Å²) in [5.41, 5.74) is 1.18. The normalized spacial score (nSPS) is 13.9. The number of esters is 1. The maximum absolute atomic E-state index is 12.5. The number of benzene rings is 2. The van der Waals surface area contributed by atoms with E-state index >= 15 is 0 Å². The van der Waals surface area contributed by atoms with Crippen LogP contribution in [0.25, 0.3) is 6.08 Å². The number of carbonyl (C=O) groups excluding carboxylic acids is 2. The van der Waals surface area contributed by atoms with Gasteiger partial charge in [-0.3, -0.25) is 4.79 Å². The van der Waals surface area contributed by atoms with E-state index in [1.807, 2.05) is 18.2 Å². The molecule has 0 aromatic heterocycles. The fourth-order valence-corrected chi connectivity index (χ4v) is 2.53. The van der Waals surface area contributed by atoms with Crippen LogP contribution in [0, 0.1) is 0 Å². The van der Waals surface area contributed by atoms with Crippen LogP contribution in [-0.2, 0) is 9.53 Å². The van der Waals surface area contributed by atoms with Crippen molar-refractivity contribution in [2.24, 2.45) is 0 Å². The zero-order valence-corrected chi connectivity index (χ0v) is 14.5. The fourth-order valence-electron chi connectivity index (χ4n) is 2.53. The van der Waals surface area contributed by atoms with Gasteiger partial charge in [-0.25, -0.2) is 4.79 Å². The van der Waals surface area contributed by atoms with Crippen molar-refractivity contribution in [2.75, 3.05) is 20.3 Å². The third-order valence-electron chi connectivity index (χ3n) is 3.73. The summed E-state index contributed by atoms with van der Waals surface area (Å²) in [6, 6.07) is 12.1. The quantitative estimate of drug-likeness (QED) is 0.586. The van der Waals surface area contributed by atoms with Crippen LogP contribution in [-0.4, -0.2) is 32.1 Å². The topological polar surface area (TPSA) is 71.1 Å². The lowest BCUT2D eigenvalue weighted by Crippen LogP contribution is -2.14. The van der Waals surface area contributed by atoms with E-state index in [0.29, 0.717) is 29.4 Å². The Morgan fingerprint density at radius 2 is 2.00 bits per heavy atom. The molecule has 0 fully saturated rings. The van der Waals surface area contributed by atoms with Gasteiger partial charge in [-0.05, 0) is 31.2 Å². The summed E-state index contributed by atoms with van der Waals surface area (Å²) < 4.78 is 21.1. The molecule has 134 valence electrons. The van der Waals surface area contributed by atoms with Crippen molar-refractivity contribution in [1.82, 2.24) is 0 Å². The van der Waals surface area contributed by atoms with E-state index in [9.17, 15) is 9.59 Å². The first kappa shape index (κ1) is 17.5. The van der Waals surface area contributed by atoms with Crippen molar-refractivity contribution in [3.05, 3.63) is 59.4 Å². The van der Waals surface area contributed by atoms with Crippen molar-refractivity contribution < 1.29 is 28.5 Å². The monoisotopic (exact) mass is 354 g/mol. The summed E-state index contributed by atoms with van der Waals surface area (Å²) in [5.74, 6) is 0.975. The molecule has 1 aliphatic heterocycles. The van der Waals surface area contributed by atoms with Crippen molar-refractivity contribution in [1.29, 1.82) is 0 Å². The Labute approximate surface area is 150 Å². The third-order valence-corrected chi connectivity index (χ3v) is 3.73. The number of para-hydroxylation sites is 1. The number of ether oxygens (including phenoxy) is 4. The maximum Gasteiger partial charge on any atom is 0.344 e. The van der Waals surface area contributed by atoms with Gasteiger partial charge in [-0.15, -0.1) is 0 Å². The number of carbonyl (C=O) groups is 2. The predicted octanol–water partition coefficient (Wildman–Crippen LogP) is 3.25. The maximum atomic E-state index is 12.5. The van der Waals surface area contributed by atoms with Crippen LogP contribution in [0.2, 0.25) is 0 Å². The van der Waals surface area contributed by atoms with Gasteiger partial charge in [0, 0.05) is 11.6 Å². The van der Waals surface area contributed by atoms with Crippen molar-refractivity contribution in [2.45, 2.75) is 6.92 Å². The number of allylic oxidation sites excluding steroid dienone is 1. The van der Waals surface area contributed by atoms with Gasteiger partial charge in [0.2, 0.25) is 5.78 Å². The minimum absolute atomic E-state index is 0.201.